The van der Waals surface area contributed by atoms with Crippen LogP contribution in [-0.4, -0.2) is 26.1 Å². The number of esters is 1. The average Bonchev–Trinajstić information content (AvgIpc) is 2.72. The van der Waals surface area contributed by atoms with E-state index >= 15 is 0 Å². The number of nitrogens with one attached hydrogen (secondary N) is 1. The molecule has 0 aliphatic carbocycles. The molecule has 0 fully saturated rings. The second-order valence-electron chi connectivity index (χ2n) is 6.25. The number of para-hydroxylation sites is 1. The number of hydrogen-bond acceptors (Lipinski definition) is 4. The first-order valence-corrected chi connectivity index (χ1v) is 8.77. The third-order valence-electron chi connectivity index (χ3n) is 4.45. The van der Waals surface area contributed by atoms with Crippen LogP contribution in [-0.2, 0) is 9.53 Å². The molecule has 5 heteroatoms. The number of carbonyl (C=O) groups excluding carboxylic acids is 2. The third-order valence-corrected chi connectivity index (χ3v) is 4.45. The predicted molar refractivity (Wildman–Crippen MR) is 111 cm³/mol. The van der Waals surface area contributed by atoms with E-state index in [1.165, 1.54) is 20.3 Å². The maximum Gasteiger partial charge on any atom is 0.340 e. The molecule has 0 aliphatic heterocycles. The van der Waals surface area contributed by atoms with Crippen LogP contribution in [0.4, 0.5) is 5.69 Å². The fourth-order valence-electron chi connectivity index (χ4n) is 2.98. The van der Waals surface area contributed by atoms with Crippen LogP contribution in [0.5, 0.6) is 5.75 Å². The number of amides is 1. The lowest BCUT2D eigenvalue weighted by atomic mass is 10.0. The van der Waals surface area contributed by atoms with Crippen molar-refractivity contribution in [3.8, 4) is 5.75 Å². The topological polar surface area (TPSA) is 64.6 Å². The molecule has 0 aliphatic rings. The van der Waals surface area contributed by atoms with Gasteiger partial charge in [-0.1, -0.05) is 42.5 Å². The summed E-state index contributed by atoms with van der Waals surface area (Å²) in [7, 11) is 2.76. The highest BCUT2D eigenvalue weighted by Crippen LogP contribution is 2.29. The van der Waals surface area contributed by atoms with Gasteiger partial charge in [-0.05, 0) is 47.0 Å². The van der Waals surface area contributed by atoms with E-state index in [1.54, 1.807) is 18.2 Å². The second-order valence-corrected chi connectivity index (χ2v) is 6.25. The Hall–Kier alpha value is -3.60. The molecule has 3 aromatic rings. The van der Waals surface area contributed by atoms with Crippen molar-refractivity contribution < 1.29 is 19.1 Å². The fraction of sp³-hybridized carbons (Fsp3) is 0.130. The Bertz CT molecular complexity index is 1070. The van der Waals surface area contributed by atoms with Gasteiger partial charge >= 0.3 is 5.97 Å². The molecule has 0 spiro atoms. The number of allylic oxidation sites excluding steroid dienone is 1. The molecule has 0 bridgehead atoms. The molecule has 0 radical (unpaired) electrons. The zero-order chi connectivity index (χ0) is 20.1. The van der Waals surface area contributed by atoms with Crippen LogP contribution in [0.3, 0.4) is 0 Å². The van der Waals surface area contributed by atoms with Gasteiger partial charge in [-0.2, -0.15) is 0 Å². The lowest BCUT2D eigenvalue weighted by molar-refractivity contribution is -0.111. The number of benzene rings is 3. The second kappa shape index (κ2) is 8.39. The molecule has 0 aromatic heterocycles. The van der Waals surface area contributed by atoms with Crippen LogP contribution in [0, 0.1) is 0 Å². The Morgan fingerprint density at radius 1 is 0.929 bits per heavy atom. The van der Waals surface area contributed by atoms with Gasteiger partial charge in [0.15, 0.2) is 0 Å². The van der Waals surface area contributed by atoms with E-state index in [-0.39, 0.29) is 17.2 Å². The van der Waals surface area contributed by atoms with Gasteiger partial charge in [0, 0.05) is 6.08 Å². The van der Waals surface area contributed by atoms with Crippen molar-refractivity contribution in [2.24, 2.45) is 0 Å². The third kappa shape index (κ3) is 4.04. The first-order chi connectivity index (χ1) is 13.5. The van der Waals surface area contributed by atoms with Gasteiger partial charge in [-0.25, -0.2) is 4.79 Å². The number of hydrogen-bond donors (Lipinski definition) is 1. The van der Waals surface area contributed by atoms with Crippen LogP contribution >= 0.6 is 0 Å². The van der Waals surface area contributed by atoms with Crippen LogP contribution in [0.15, 0.2) is 66.7 Å². The molecule has 3 aromatic carbocycles. The van der Waals surface area contributed by atoms with Gasteiger partial charge in [0.05, 0.1) is 25.5 Å². The molecule has 1 amide bonds. The number of carbonyl (C=O) groups is 2. The van der Waals surface area contributed by atoms with E-state index in [1.807, 2.05) is 49.4 Å². The highest BCUT2D eigenvalue weighted by Gasteiger charge is 2.17. The van der Waals surface area contributed by atoms with Crippen molar-refractivity contribution in [3.63, 3.8) is 0 Å². The summed E-state index contributed by atoms with van der Waals surface area (Å²) >= 11 is 0. The summed E-state index contributed by atoms with van der Waals surface area (Å²) in [5.41, 5.74) is 2.26. The smallest absolute Gasteiger partial charge is 0.340 e. The summed E-state index contributed by atoms with van der Waals surface area (Å²) < 4.78 is 10.1. The predicted octanol–water partition coefficient (Wildman–Crippen LogP) is 4.68. The van der Waals surface area contributed by atoms with Crippen molar-refractivity contribution in [3.05, 3.63) is 77.9 Å². The molecule has 0 saturated carbocycles. The number of anilines is 1. The molecule has 0 heterocycles. The Morgan fingerprint density at radius 2 is 1.68 bits per heavy atom. The van der Waals surface area contributed by atoms with E-state index in [0.717, 1.165) is 21.9 Å². The largest absolute Gasteiger partial charge is 0.495 e. The van der Waals surface area contributed by atoms with Crippen LogP contribution in [0.1, 0.15) is 22.8 Å². The molecule has 142 valence electrons. The first-order valence-electron chi connectivity index (χ1n) is 8.77. The van der Waals surface area contributed by atoms with Gasteiger partial charge in [0.25, 0.3) is 0 Å². The molecular weight excluding hydrogens is 354 g/mol. The Morgan fingerprint density at radius 3 is 2.39 bits per heavy atom. The average molecular weight is 375 g/mol. The van der Waals surface area contributed by atoms with E-state index in [9.17, 15) is 9.59 Å². The zero-order valence-electron chi connectivity index (χ0n) is 16.0. The van der Waals surface area contributed by atoms with Crippen molar-refractivity contribution >= 4 is 33.9 Å². The number of methoxy groups -OCH3 is 2. The summed E-state index contributed by atoms with van der Waals surface area (Å²) in [6, 6.07) is 19.0. The Labute approximate surface area is 163 Å². The molecule has 0 atom stereocenters. The minimum Gasteiger partial charge on any atom is -0.495 e. The molecule has 0 unspecified atom stereocenters. The quantitative estimate of drug-likeness (QED) is 0.520. The minimum atomic E-state index is -0.551. The van der Waals surface area contributed by atoms with Crippen molar-refractivity contribution in [2.75, 3.05) is 19.5 Å². The molecule has 28 heavy (non-hydrogen) atoms. The van der Waals surface area contributed by atoms with E-state index in [2.05, 4.69) is 5.32 Å². The van der Waals surface area contributed by atoms with Gasteiger partial charge in [-0.15, -0.1) is 0 Å². The molecule has 1 N–H and O–H groups in total. The molecule has 5 nitrogen and oxygen atoms in total. The molecular formula is C23H21NO4. The maximum absolute atomic E-state index is 12.6. The van der Waals surface area contributed by atoms with E-state index < -0.39 is 5.97 Å². The van der Waals surface area contributed by atoms with Gasteiger partial charge in [0.2, 0.25) is 5.91 Å². The number of fused-ring (bicyclic) bond motifs is 1. The zero-order valence-corrected chi connectivity index (χ0v) is 16.0. The maximum atomic E-state index is 12.6. The Balaban J connectivity index is 1.89. The number of ether oxygens (including phenoxy) is 2. The van der Waals surface area contributed by atoms with E-state index in [4.69, 9.17) is 9.47 Å². The summed E-state index contributed by atoms with van der Waals surface area (Å²) in [6.07, 6.45) is 1.50. The van der Waals surface area contributed by atoms with Gasteiger partial charge in [0.1, 0.15) is 5.75 Å². The van der Waals surface area contributed by atoms with Crippen LogP contribution in [0.25, 0.3) is 16.3 Å². The Kier molecular flexibility index (Phi) is 5.75. The van der Waals surface area contributed by atoms with Gasteiger partial charge < -0.3 is 14.8 Å². The lowest BCUT2D eigenvalue weighted by Crippen LogP contribution is -2.14. The van der Waals surface area contributed by atoms with Gasteiger partial charge in [-0.3, -0.25) is 4.79 Å². The first kappa shape index (κ1) is 19.2. The highest BCUT2D eigenvalue weighted by atomic mass is 16.5. The summed E-state index contributed by atoms with van der Waals surface area (Å²) in [4.78, 5) is 24.6. The summed E-state index contributed by atoms with van der Waals surface area (Å²) in [5.74, 6) is -0.530. The van der Waals surface area contributed by atoms with Crippen molar-refractivity contribution in [1.82, 2.24) is 0 Å². The van der Waals surface area contributed by atoms with Crippen molar-refractivity contribution in [1.29, 1.82) is 0 Å². The number of rotatable bonds is 5. The van der Waals surface area contributed by atoms with E-state index in [0.29, 0.717) is 5.75 Å². The minimum absolute atomic E-state index is 0.229. The van der Waals surface area contributed by atoms with Crippen molar-refractivity contribution in [2.45, 2.75) is 6.92 Å². The lowest BCUT2D eigenvalue weighted by Gasteiger charge is -2.13. The summed E-state index contributed by atoms with van der Waals surface area (Å²) in [6.45, 7) is 1.87. The summed E-state index contributed by atoms with van der Waals surface area (Å²) in [5, 5.41) is 4.98. The molecule has 3 rings (SSSR count). The standard InChI is InChI=1S/C23H21NO4/c1-15(17-12-11-16-7-4-5-8-18(16)14-17)13-21(25)24-22-19(23(26)28-3)9-6-10-20(22)27-2/h4-14H,1-3H3,(H,24,25)/b15-13-. The normalized spacial score (nSPS) is 11.2. The highest BCUT2D eigenvalue weighted by molar-refractivity contribution is 6.09. The SMILES string of the molecule is COC(=O)c1cccc(OC)c1NC(=O)/C=C(/C)c1ccc2ccccc2c1. The monoisotopic (exact) mass is 375 g/mol. The van der Waals surface area contributed by atoms with Crippen LogP contribution in [0.2, 0.25) is 0 Å². The van der Waals surface area contributed by atoms with Crippen LogP contribution < -0.4 is 10.1 Å². The fourth-order valence-corrected chi connectivity index (χ4v) is 2.98. The molecule has 0 saturated heterocycles.